The van der Waals surface area contributed by atoms with Gasteiger partial charge in [0.2, 0.25) is 0 Å². The van der Waals surface area contributed by atoms with Gasteiger partial charge in [0.25, 0.3) is 0 Å². The van der Waals surface area contributed by atoms with E-state index < -0.39 is 5.82 Å². The smallest absolute Gasteiger partial charge is 0.183 e. The van der Waals surface area contributed by atoms with Crippen LogP contribution in [0.3, 0.4) is 0 Å². The molecule has 3 aromatic rings. The average Bonchev–Trinajstić information content (AvgIpc) is 3.13. The van der Waals surface area contributed by atoms with Crippen LogP contribution in [0.5, 0.6) is 0 Å². The number of halogens is 2. The number of hydrogen-bond acceptors (Lipinski definition) is 6. The molecule has 29 heavy (non-hydrogen) atoms. The summed E-state index contributed by atoms with van der Waals surface area (Å²) < 4.78 is 14.6. The number of nitrogens with zero attached hydrogens (tertiary/aromatic N) is 4. The number of pyridine rings is 1. The van der Waals surface area contributed by atoms with Crippen molar-refractivity contribution in [1.29, 1.82) is 0 Å². The molecule has 9 heteroatoms. The summed E-state index contributed by atoms with van der Waals surface area (Å²) >= 11 is 6.05. The van der Waals surface area contributed by atoms with Crippen LogP contribution in [0, 0.1) is 23.6 Å². The van der Waals surface area contributed by atoms with Crippen LogP contribution in [-0.2, 0) is 4.79 Å². The molecule has 3 heterocycles. The Hall–Kier alpha value is -2.61. The third kappa shape index (κ3) is 3.15. The van der Waals surface area contributed by atoms with E-state index in [1.165, 1.54) is 6.20 Å². The lowest BCUT2D eigenvalue weighted by atomic mass is 9.60. The SMILES string of the molecule is CC(=O)[C@H]1C2CCC(CC2)C1Nc1nc(-c2n[nH]c3ncc(Cl)cc23)ncc1F. The van der Waals surface area contributed by atoms with Crippen LogP contribution in [0.1, 0.15) is 32.6 Å². The van der Waals surface area contributed by atoms with Crippen molar-refractivity contribution in [3.63, 3.8) is 0 Å². The van der Waals surface area contributed by atoms with Crippen molar-refractivity contribution in [3.8, 4) is 11.5 Å². The Labute approximate surface area is 171 Å². The fraction of sp³-hybridized carbons (Fsp3) is 0.450. The normalized spacial score (nSPS) is 26.0. The fourth-order valence-electron chi connectivity index (χ4n) is 5.03. The van der Waals surface area contributed by atoms with Crippen molar-refractivity contribution in [2.24, 2.45) is 17.8 Å². The van der Waals surface area contributed by atoms with Crippen molar-refractivity contribution in [3.05, 3.63) is 29.3 Å². The van der Waals surface area contributed by atoms with Gasteiger partial charge in [-0.2, -0.15) is 5.10 Å². The van der Waals surface area contributed by atoms with E-state index in [-0.39, 0.29) is 29.4 Å². The Balaban J connectivity index is 1.51. The number of Topliss-reactive ketones (excluding diaryl/α,β-unsaturated/α-hetero) is 1. The fourth-order valence-corrected chi connectivity index (χ4v) is 5.19. The number of aromatic amines is 1. The standard InChI is InChI=1S/C20H20ClFN6O/c1-9(29)15-10-2-4-11(5-3-10)16(15)25-19-14(22)8-24-20(26-19)17-13-6-12(21)7-23-18(13)28-27-17/h6-8,10-11,15-16H,2-5H2,1H3,(H,23,27,28)(H,24,25,26)/t10?,11?,15-,16?/m0/s1. The third-order valence-corrected chi connectivity index (χ3v) is 6.54. The highest BCUT2D eigenvalue weighted by Crippen LogP contribution is 2.46. The molecule has 3 fully saturated rings. The zero-order chi connectivity index (χ0) is 20.1. The Morgan fingerprint density at radius 3 is 2.72 bits per heavy atom. The van der Waals surface area contributed by atoms with E-state index in [4.69, 9.17) is 11.6 Å². The first kappa shape index (κ1) is 18.4. The first-order valence-corrected chi connectivity index (χ1v) is 10.2. The van der Waals surface area contributed by atoms with Crippen molar-refractivity contribution < 1.29 is 9.18 Å². The minimum Gasteiger partial charge on any atom is -0.364 e. The number of ketones is 1. The number of anilines is 1. The molecule has 3 aromatic heterocycles. The highest BCUT2D eigenvalue weighted by molar-refractivity contribution is 6.31. The second-order valence-electron chi connectivity index (χ2n) is 7.99. The predicted octanol–water partition coefficient (Wildman–Crippen LogP) is 4.01. The summed E-state index contributed by atoms with van der Waals surface area (Å²) in [6.07, 6.45) is 6.90. The molecule has 1 unspecified atom stereocenters. The van der Waals surface area contributed by atoms with Gasteiger partial charge in [0.05, 0.1) is 16.6 Å². The number of H-pyrrole nitrogens is 1. The van der Waals surface area contributed by atoms with E-state index in [1.54, 1.807) is 13.0 Å². The Morgan fingerprint density at radius 2 is 1.97 bits per heavy atom. The van der Waals surface area contributed by atoms with Crippen LogP contribution in [-0.4, -0.2) is 37.0 Å². The maximum absolute atomic E-state index is 14.6. The molecule has 0 aliphatic heterocycles. The minimum atomic E-state index is -0.548. The molecular weight excluding hydrogens is 395 g/mol. The lowest BCUT2D eigenvalue weighted by Gasteiger charge is -2.48. The predicted molar refractivity (Wildman–Crippen MR) is 107 cm³/mol. The maximum Gasteiger partial charge on any atom is 0.183 e. The van der Waals surface area contributed by atoms with Crippen LogP contribution in [0.2, 0.25) is 5.02 Å². The van der Waals surface area contributed by atoms with Crippen LogP contribution in [0.25, 0.3) is 22.6 Å². The summed E-state index contributed by atoms with van der Waals surface area (Å²) in [5.74, 6) is 0.590. The van der Waals surface area contributed by atoms with Gasteiger partial charge in [-0.3, -0.25) is 9.89 Å². The van der Waals surface area contributed by atoms with E-state index in [2.05, 4.69) is 30.5 Å². The van der Waals surface area contributed by atoms with Crippen molar-refractivity contribution in [2.45, 2.75) is 38.6 Å². The lowest BCUT2D eigenvalue weighted by molar-refractivity contribution is -0.126. The van der Waals surface area contributed by atoms with Gasteiger partial charge >= 0.3 is 0 Å². The van der Waals surface area contributed by atoms with Gasteiger partial charge in [-0.05, 0) is 50.5 Å². The Morgan fingerprint density at radius 1 is 1.21 bits per heavy atom. The lowest BCUT2D eigenvalue weighted by Crippen LogP contribution is -2.51. The van der Waals surface area contributed by atoms with Crippen molar-refractivity contribution in [1.82, 2.24) is 25.1 Å². The largest absolute Gasteiger partial charge is 0.364 e. The molecule has 2 atom stereocenters. The van der Waals surface area contributed by atoms with Crippen LogP contribution >= 0.6 is 11.6 Å². The number of nitrogens with one attached hydrogen (secondary N) is 2. The molecule has 150 valence electrons. The van der Waals surface area contributed by atoms with Gasteiger partial charge in [0, 0.05) is 18.2 Å². The summed E-state index contributed by atoms with van der Waals surface area (Å²) in [7, 11) is 0. The molecule has 2 bridgehead atoms. The molecule has 0 radical (unpaired) electrons. The number of carbonyl (C=O) groups excluding carboxylic acids is 1. The zero-order valence-electron chi connectivity index (χ0n) is 15.8. The summed E-state index contributed by atoms with van der Waals surface area (Å²) in [6, 6.07) is 1.61. The highest BCUT2D eigenvalue weighted by atomic mass is 35.5. The third-order valence-electron chi connectivity index (χ3n) is 6.33. The molecule has 3 aliphatic carbocycles. The van der Waals surface area contributed by atoms with E-state index in [0.29, 0.717) is 33.6 Å². The monoisotopic (exact) mass is 414 g/mol. The van der Waals surface area contributed by atoms with Gasteiger partial charge in [0.1, 0.15) is 11.5 Å². The van der Waals surface area contributed by atoms with Crippen LogP contribution in [0.15, 0.2) is 18.5 Å². The van der Waals surface area contributed by atoms with E-state index in [0.717, 1.165) is 31.9 Å². The number of fused-ring (bicyclic) bond motifs is 4. The van der Waals surface area contributed by atoms with Gasteiger partial charge in [0.15, 0.2) is 23.1 Å². The molecule has 0 amide bonds. The molecule has 0 saturated heterocycles. The average molecular weight is 415 g/mol. The maximum atomic E-state index is 14.6. The van der Waals surface area contributed by atoms with E-state index >= 15 is 0 Å². The number of aromatic nitrogens is 5. The summed E-state index contributed by atoms with van der Waals surface area (Å²) in [6.45, 7) is 1.63. The number of carbonyl (C=O) groups is 1. The van der Waals surface area contributed by atoms with Gasteiger partial charge in [-0.1, -0.05) is 11.6 Å². The second-order valence-corrected chi connectivity index (χ2v) is 8.43. The van der Waals surface area contributed by atoms with E-state index in [9.17, 15) is 9.18 Å². The highest BCUT2D eigenvalue weighted by Gasteiger charge is 2.46. The molecule has 7 nitrogen and oxygen atoms in total. The topological polar surface area (TPSA) is 96.5 Å². The van der Waals surface area contributed by atoms with Gasteiger partial charge in [-0.15, -0.1) is 0 Å². The first-order chi connectivity index (χ1) is 14.0. The molecular formula is C20H20ClFN6O. The first-order valence-electron chi connectivity index (χ1n) is 9.81. The molecule has 6 rings (SSSR count). The molecule has 2 N–H and O–H groups in total. The van der Waals surface area contributed by atoms with Crippen LogP contribution < -0.4 is 5.32 Å². The second kappa shape index (κ2) is 7.02. The zero-order valence-corrected chi connectivity index (χ0v) is 16.6. The quantitative estimate of drug-likeness (QED) is 0.669. The summed E-state index contributed by atoms with van der Waals surface area (Å²) in [5, 5.41) is 11.4. The molecule has 0 spiro atoms. The van der Waals surface area contributed by atoms with Gasteiger partial charge < -0.3 is 5.32 Å². The molecule has 3 saturated carbocycles. The summed E-state index contributed by atoms with van der Waals surface area (Å²) in [5.41, 5.74) is 0.999. The minimum absolute atomic E-state index is 0.102. The molecule has 3 aliphatic rings. The summed E-state index contributed by atoms with van der Waals surface area (Å²) in [4.78, 5) is 25.0. The number of rotatable bonds is 4. The molecule has 0 aromatic carbocycles. The Kier molecular flexibility index (Phi) is 4.46. The van der Waals surface area contributed by atoms with Crippen molar-refractivity contribution in [2.75, 3.05) is 5.32 Å². The number of hydrogen-bond donors (Lipinski definition) is 2. The van der Waals surface area contributed by atoms with Gasteiger partial charge in [-0.25, -0.2) is 19.3 Å². The van der Waals surface area contributed by atoms with E-state index in [1.807, 2.05) is 0 Å². The van der Waals surface area contributed by atoms with Crippen LogP contribution in [0.4, 0.5) is 10.2 Å². The Bertz CT molecular complexity index is 1090. The van der Waals surface area contributed by atoms with Crippen molar-refractivity contribution >= 4 is 34.2 Å².